The molecule has 0 bridgehead atoms. The fourth-order valence-electron chi connectivity index (χ4n) is 2.36. The van der Waals surface area contributed by atoms with Gasteiger partial charge in [0.05, 0.1) is 13.7 Å². The molecule has 0 N–H and O–H groups in total. The summed E-state index contributed by atoms with van der Waals surface area (Å²) in [6.07, 6.45) is 2.47. The molecule has 3 rings (SSSR count). The monoisotopic (exact) mass is 378 g/mol. The Bertz CT molecular complexity index is 892. The molecule has 0 unspecified atom stereocenters. The van der Waals surface area contributed by atoms with Crippen LogP contribution in [0.15, 0.2) is 42.0 Å². The van der Waals surface area contributed by atoms with E-state index in [1.54, 1.807) is 12.5 Å². The highest BCUT2D eigenvalue weighted by Gasteiger charge is 2.19. The number of hydrogen-bond donors (Lipinski definition) is 0. The highest BCUT2D eigenvalue weighted by Crippen LogP contribution is 2.26. The maximum Gasteiger partial charge on any atom is 0.319 e. The van der Waals surface area contributed by atoms with Crippen LogP contribution in [0, 0.1) is 0 Å². The van der Waals surface area contributed by atoms with E-state index in [0.717, 1.165) is 15.9 Å². The SMILES string of the molecule is COc1ccc(-c2nc(C(=O)N(C)Cc3nccn3C(F)F)cs2)cc1. The van der Waals surface area contributed by atoms with E-state index in [2.05, 4.69) is 9.97 Å². The summed E-state index contributed by atoms with van der Waals surface area (Å²) in [6, 6.07) is 7.34. The first kappa shape index (κ1) is 18.0. The number of benzene rings is 1. The number of nitrogens with zero attached hydrogens (tertiary/aromatic N) is 4. The third-order valence-electron chi connectivity index (χ3n) is 3.74. The number of thiazole rings is 1. The average molecular weight is 378 g/mol. The minimum Gasteiger partial charge on any atom is -0.497 e. The van der Waals surface area contributed by atoms with Crippen LogP contribution < -0.4 is 4.74 Å². The van der Waals surface area contributed by atoms with Crippen LogP contribution >= 0.6 is 11.3 Å². The fourth-order valence-corrected chi connectivity index (χ4v) is 3.16. The minimum absolute atomic E-state index is 0.0361. The lowest BCUT2D eigenvalue weighted by atomic mass is 10.2. The Kier molecular flexibility index (Phi) is 5.27. The summed E-state index contributed by atoms with van der Waals surface area (Å²) in [4.78, 5) is 22.1. The molecule has 0 aliphatic carbocycles. The number of imidazole rings is 1. The first-order valence-corrected chi connectivity index (χ1v) is 8.53. The van der Waals surface area contributed by atoms with Gasteiger partial charge in [0, 0.05) is 30.4 Å². The molecular formula is C17H16F2N4O2S. The zero-order chi connectivity index (χ0) is 18.7. The molecule has 1 aromatic carbocycles. The normalized spacial score (nSPS) is 11.0. The van der Waals surface area contributed by atoms with Crippen LogP contribution in [0.4, 0.5) is 8.78 Å². The summed E-state index contributed by atoms with van der Waals surface area (Å²) in [5.41, 5.74) is 1.13. The summed E-state index contributed by atoms with van der Waals surface area (Å²) >= 11 is 1.34. The predicted molar refractivity (Wildman–Crippen MR) is 93.4 cm³/mol. The maximum absolute atomic E-state index is 12.9. The molecular weight excluding hydrogens is 362 g/mol. The van der Waals surface area contributed by atoms with E-state index in [-0.39, 0.29) is 24.0 Å². The third-order valence-corrected chi connectivity index (χ3v) is 4.64. The van der Waals surface area contributed by atoms with Gasteiger partial charge in [-0.05, 0) is 24.3 Å². The van der Waals surface area contributed by atoms with Gasteiger partial charge in [-0.1, -0.05) is 0 Å². The van der Waals surface area contributed by atoms with Gasteiger partial charge in [0.2, 0.25) is 0 Å². The van der Waals surface area contributed by atoms with Gasteiger partial charge in [0.25, 0.3) is 5.91 Å². The number of rotatable bonds is 6. The molecule has 0 aliphatic heterocycles. The van der Waals surface area contributed by atoms with Crippen molar-refractivity contribution in [2.75, 3.05) is 14.2 Å². The quantitative estimate of drug-likeness (QED) is 0.656. The Labute approximate surface area is 152 Å². The Morgan fingerprint density at radius 1 is 1.35 bits per heavy atom. The molecule has 0 fully saturated rings. The summed E-state index contributed by atoms with van der Waals surface area (Å²) in [6.45, 7) is -2.73. The highest BCUT2D eigenvalue weighted by atomic mass is 32.1. The van der Waals surface area contributed by atoms with Crippen LogP contribution in [-0.2, 0) is 6.54 Å². The van der Waals surface area contributed by atoms with E-state index in [0.29, 0.717) is 5.01 Å². The summed E-state index contributed by atoms with van der Waals surface area (Å²) in [5.74, 6) is 0.488. The number of carbonyl (C=O) groups is 1. The molecule has 0 atom stereocenters. The lowest BCUT2D eigenvalue weighted by Gasteiger charge is -2.16. The second kappa shape index (κ2) is 7.61. The first-order valence-electron chi connectivity index (χ1n) is 7.65. The van der Waals surface area contributed by atoms with Gasteiger partial charge >= 0.3 is 6.55 Å². The van der Waals surface area contributed by atoms with E-state index < -0.39 is 6.55 Å². The van der Waals surface area contributed by atoms with Crippen LogP contribution in [0.3, 0.4) is 0 Å². The van der Waals surface area contributed by atoms with Gasteiger partial charge in [0.1, 0.15) is 22.3 Å². The van der Waals surface area contributed by atoms with Crippen molar-refractivity contribution in [1.29, 1.82) is 0 Å². The number of aromatic nitrogens is 3. The number of halogens is 2. The number of carbonyl (C=O) groups excluding carboxylic acids is 1. The van der Waals surface area contributed by atoms with Crippen LogP contribution in [-0.4, -0.2) is 39.5 Å². The molecule has 1 amide bonds. The summed E-state index contributed by atoms with van der Waals surface area (Å²) in [5, 5.41) is 2.34. The van der Waals surface area contributed by atoms with Crippen LogP contribution in [0.25, 0.3) is 10.6 Å². The highest BCUT2D eigenvalue weighted by molar-refractivity contribution is 7.13. The minimum atomic E-state index is -2.70. The predicted octanol–water partition coefficient (Wildman–Crippen LogP) is 3.68. The van der Waals surface area contributed by atoms with Crippen molar-refractivity contribution in [1.82, 2.24) is 19.4 Å². The van der Waals surface area contributed by atoms with Crippen molar-refractivity contribution < 1.29 is 18.3 Å². The topological polar surface area (TPSA) is 60.2 Å². The molecule has 0 aliphatic rings. The molecule has 0 saturated heterocycles. The lowest BCUT2D eigenvalue weighted by Crippen LogP contribution is -2.28. The second-order valence-corrected chi connectivity index (χ2v) is 6.31. The van der Waals surface area contributed by atoms with Crippen molar-refractivity contribution in [2.24, 2.45) is 0 Å². The number of methoxy groups -OCH3 is 1. The maximum atomic E-state index is 12.9. The molecule has 6 nitrogen and oxygen atoms in total. The van der Waals surface area contributed by atoms with Crippen LogP contribution in [0.2, 0.25) is 0 Å². The van der Waals surface area contributed by atoms with Gasteiger partial charge in [-0.2, -0.15) is 8.78 Å². The van der Waals surface area contributed by atoms with Gasteiger partial charge in [-0.3, -0.25) is 9.36 Å². The van der Waals surface area contributed by atoms with Crippen molar-refractivity contribution in [3.63, 3.8) is 0 Å². The van der Waals surface area contributed by atoms with Crippen molar-refractivity contribution in [2.45, 2.75) is 13.1 Å². The molecule has 26 heavy (non-hydrogen) atoms. The zero-order valence-electron chi connectivity index (χ0n) is 14.1. The van der Waals surface area contributed by atoms with E-state index >= 15 is 0 Å². The molecule has 136 valence electrons. The molecule has 9 heteroatoms. The third kappa shape index (κ3) is 3.72. The van der Waals surface area contributed by atoms with Gasteiger partial charge in [-0.25, -0.2) is 9.97 Å². The van der Waals surface area contributed by atoms with Gasteiger partial charge < -0.3 is 9.64 Å². The van der Waals surface area contributed by atoms with E-state index in [4.69, 9.17) is 4.74 Å². The molecule has 3 aromatic rings. The smallest absolute Gasteiger partial charge is 0.319 e. The van der Waals surface area contributed by atoms with Crippen molar-refractivity contribution in [3.8, 4) is 16.3 Å². The number of amides is 1. The summed E-state index contributed by atoms with van der Waals surface area (Å²) < 4.78 is 31.6. The number of hydrogen-bond acceptors (Lipinski definition) is 5. The lowest BCUT2D eigenvalue weighted by molar-refractivity contribution is 0.0611. The Balaban J connectivity index is 1.73. The van der Waals surface area contributed by atoms with Crippen molar-refractivity contribution >= 4 is 17.2 Å². The molecule has 0 saturated carbocycles. The first-order chi connectivity index (χ1) is 12.5. The Morgan fingerprint density at radius 2 is 2.08 bits per heavy atom. The van der Waals surface area contributed by atoms with E-state index in [1.807, 2.05) is 24.3 Å². The number of alkyl halides is 2. The number of ether oxygens (including phenoxy) is 1. The fraction of sp³-hybridized carbons (Fsp3) is 0.235. The molecule has 0 spiro atoms. The van der Waals surface area contributed by atoms with E-state index in [1.165, 1.54) is 35.7 Å². The Hall–Kier alpha value is -2.81. The molecule has 2 aromatic heterocycles. The standard InChI is InChI=1S/C17H16F2N4O2S/c1-22(9-14-20-7-8-23(14)17(18)19)16(24)13-10-26-15(21-13)11-3-5-12(25-2)6-4-11/h3-8,10,17H,9H2,1-2H3. The van der Waals surface area contributed by atoms with Gasteiger partial charge in [0.15, 0.2) is 0 Å². The van der Waals surface area contributed by atoms with Gasteiger partial charge in [-0.15, -0.1) is 11.3 Å². The van der Waals surface area contributed by atoms with Crippen LogP contribution in [0.1, 0.15) is 22.9 Å². The largest absolute Gasteiger partial charge is 0.497 e. The zero-order valence-corrected chi connectivity index (χ0v) is 14.9. The van der Waals surface area contributed by atoms with Crippen LogP contribution in [0.5, 0.6) is 5.75 Å². The second-order valence-electron chi connectivity index (χ2n) is 5.46. The average Bonchev–Trinajstić information content (AvgIpc) is 3.30. The Morgan fingerprint density at radius 3 is 2.73 bits per heavy atom. The van der Waals surface area contributed by atoms with E-state index in [9.17, 15) is 13.6 Å². The summed E-state index contributed by atoms with van der Waals surface area (Å²) in [7, 11) is 3.11. The molecule has 0 radical (unpaired) electrons. The van der Waals surface area contributed by atoms with Crippen molar-refractivity contribution in [3.05, 3.63) is 53.6 Å². The molecule has 2 heterocycles.